The minimum atomic E-state index is -0.479. The van der Waals surface area contributed by atoms with Gasteiger partial charge >= 0.3 is 5.97 Å². The molecule has 0 aliphatic heterocycles. The van der Waals surface area contributed by atoms with E-state index < -0.39 is 5.97 Å². The number of halogens is 1. The van der Waals surface area contributed by atoms with Crippen LogP contribution in [0.25, 0.3) is 0 Å². The molecule has 1 aromatic carbocycles. The summed E-state index contributed by atoms with van der Waals surface area (Å²) in [5.41, 5.74) is 0.731. The van der Waals surface area contributed by atoms with Gasteiger partial charge in [0.15, 0.2) is 0 Å². The van der Waals surface area contributed by atoms with E-state index in [9.17, 15) is 9.59 Å². The molecule has 1 rings (SSSR count). The fourth-order valence-corrected chi connectivity index (χ4v) is 1.99. The topological polar surface area (TPSA) is 55.4 Å². The highest BCUT2D eigenvalue weighted by Crippen LogP contribution is 2.23. The number of thioether (sulfide) groups is 1. The van der Waals surface area contributed by atoms with Crippen molar-refractivity contribution in [2.75, 3.05) is 23.9 Å². The number of hydrogen-bond donors (Lipinski definition) is 1. The zero-order valence-corrected chi connectivity index (χ0v) is 12.0. The van der Waals surface area contributed by atoms with E-state index in [1.807, 2.05) is 0 Å². The Hall–Kier alpha value is -1.46. The fourth-order valence-electron chi connectivity index (χ4n) is 1.29. The van der Waals surface area contributed by atoms with Crippen LogP contribution in [0.3, 0.4) is 0 Å². The van der Waals surface area contributed by atoms with Crippen LogP contribution in [0.4, 0.5) is 5.69 Å². The normalized spacial score (nSPS) is 9.79. The Kier molecular flexibility index (Phi) is 6.45. The number of ether oxygens (including phenoxy) is 1. The van der Waals surface area contributed by atoms with Gasteiger partial charge in [-0.25, -0.2) is 4.79 Å². The summed E-state index contributed by atoms with van der Waals surface area (Å²) >= 11 is 7.40. The number of carbonyl (C=O) groups excluding carboxylic acids is 2. The van der Waals surface area contributed by atoms with E-state index in [1.165, 1.54) is 31.0 Å². The molecule has 0 unspecified atom stereocenters. The van der Waals surface area contributed by atoms with Crippen molar-refractivity contribution in [1.82, 2.24) is 0 Å². The second-order valence-electron chi connectivity index (χ2n) is 3.54. The Morgan fingerprint density at radius 2 is 2.26 bits per heavy atom. The standard InChI is InChI=1S/C13H14ClNO3S/c1-3-6-19-8-12(16)15-11-7-9(13(17)18-2)4-5-10(11)14/h3-5,7H,1,6,8H2,2H3,(H,15,16). The number of methoxy groups -OCH3 is 1. The van der Waals surface area contributed by atoms with Crippen LogP contribution in [0.15, 0.2) is 30.9 Å². The van der Waals surface area contributed by atoms with Gasteiger partial charge in [0.1, 0.15) is 0 Å². The molecule has 6 heteroatoms. The highest BCUT2D eigenvalue weighted by Gasteiger charge is 2.11. The van der Waals surface area contributed by atoms with E-state index in [1.54, 1.807) is 12.1 Å². The molecule has 0 spiro atoms. The number of anilines is 1. The molecule has 0 saturated carbocycles. The van der Waals surface area contributed by atoms with E-state index in [-0.39, 0.29) is 5.91 Å². The quantitative estimate of drug-likeness (QED) is 0.498. The monoisotopic (exact) mass is 299 g/mol. The highest BCUT2D eigenvalue weighted by molar-refractivity contribution is 8.00. The maximum atomic E-state index is 11.6. The van der Waals surface area contributed by atoms with Crippen LogP contribution < -0.4 is 5.32 Å². The van der Waals surface area contributed by atoms with E-state index in [0.29, 0.717) is 27.8 Å². The Morgan fingerprint density at radius 3 is 2.89 bits per heavy atom. The third kappa shape index (κ3) is 4.96. The van der Waals surface area contributed by atoms with Crippen molar-refractivity contribution in [3.63, 3.8) is 0 Å². The lowest BCUT2D eigenvalue weighted by Crippen LogP contribution is -2.15. The van der Waals surface area contributed by atoms with Crippen molar-refractivity contribution in [3.05, 3.63) is 41.4 Å². The summed E-state index contributed by atoms with van der Waals surface area (Å²) in [6.07, 6.45) is 1.73. The minimum Gasteiger partial charge on any atom is -0.465 e. The second kappa shape index (κ2) is 7.86. The molecule has 102 valence electrons. The van der Waals surface area contributed by atoms with Gasteiger partial charge < -0.3 is 10.1 Å². The Bertz CT molecular complexity index is 491. The molecule has 0 saturated heterocycles. The van der Waals surface area contributed by atoms with Gasteiger partial charge in [0.2, 0.25) is 5.91 Å². The predicted octanol–water partition coefficient (Wildman–Crippen LogP) is 2.98. The third-order valence-corrected chi connectivity index (χ3v) is 3.40. The first-order valence-electron chi connectivity index (χ1n) is 5.45. The number of hydrogen-bond acceptors (Lipinski definition) is 4. The van der Waals surface area contributed by atoms with E-state index >= 15 is 0 Å². The molecular weight excluding hydrogens is 286 g/mol. The van der Waals surface area contributed by atoms with Gasteiger partial charge in [-0.1, -0.05) is 17.7 Å². The summed E-state index contributed by atoms with van der Waals surface area (Å²) in [6.45, 7) is 3.57. The van der Waals surface area contributed by atoms with Crippen molar-refractivity contribution in [3.8, 4) is 0 Å². The van der Waals surface area contributed by atoms with Gasteiger partial charge in [0, 0.05) is 5.75 Å². The lowest BCUT2D eigenvalue weighted by molar-refractivity contribution is -0.113. The van der Waals surface area contributed by atoms with Gasteiger partial charge in [-0.2, -0.15) is 0 Å². The van der Waals surface area contributed by atoms with Crippen molar-refractivity contribution in [2.24, 2.45) is 0 Å². The van der Waals surface area contributed by atoms with Crippen LogP contribution in [0, 0.1) is 0 Å². The molecule has 0 aliphatic rings. The molecule has 0 heterocycles. The Balaban J connectivity index is 2.74. The fraction of sp³-hybridized carbons (Fsp3) is 0.231. The first kappa shape index (κ1) is 15.6. The average Bonchev–Trinajstić information content (AvgIpc) is 2.40. The zero-order chi connectivity index (χ0) is 14.3. The molecule has 1 N–H and O–H groups in total. The van der Waals surface area contributed by atoms with Crippen molar-refractivity contribution < 1.29 is 14.3 Å². The second-order valence-corrected chi connectivity index (χ2v) is 4.98. The van der Waals surface area contributed by atoms with Crippen LogP contribution >= 0.6 is 23.4 Å². The average molecular weight is 300 g/mol. The number of benzene rings is 1. The Morgan fingerprint density at radius 1 is 1.53 bits per heavy atom. The van der Waals surface area contributed by atoms with Gasteiger partial charge in [0.25, 0.3) is 0 Å². The molecule has 0 radical (unpaired) electrons. The number of nitrogens with one attached hydrogen (secondary N) is 1. The molecule has 0 fully saturated rings. The highest BCUT2D eigenvalue weighted by atomic mass is 35.5. The lowest BCUT2D eigenvalue weighted by Gasteiger charge is -2.08. The molecule has 1 amide bonds. The molecule has 0 bridgehead atoms. The summed E-state index contributed by atoms with van der Waals surface area (Å²) in [6, 6.07) is 4.57. The third-order valence-electron chi connectivity index (χ3n) is 2.13. The summed E-state index contributed by atoms with van der Waals surface area (Å²) < 4.78 is 4.61. The van der Waals surface area contributed by atoms with Crippen LogP contribution in [-0.4, -0.2) is 30.5 Å². The molecule has 0 atom stereocenters. The van der Waals surface area contributed by atoms with Gasteiger partial charge in [0.05, 0.1) is 29.1 Å². The zero-order valence-electron chi connectivity index (χ0n) is 10.4. The van der Waals surface area contributed by atoms with Gasteiger partial charge in [-0.05, 0) is 18.2 Å². The van der Waals surface area contributed by atoms with E-state index in [2.05, 4.69) is 16.6 Å². The van der Waals surface area contributed by atoms with Crippen LogP contribution in [0.2, 0.25) is 5.02 Å². The largest absolute Gasteiger partial charge is 0.465 e. The van der Waals surface area contributed by atoms with E-state index in [4.69, 9.17) is 11.6 Å². The van der Waals surface area contributed by atoms with Crippen LogP contribution in [0.1, 0.15) is 10.4 Å². The van der Waals surface area contributed by atoms with E-state index in [0.717, 1.165) is 0 Å². The predicted molar refractivity (Wildman–Crippen MR) is 78.9 cm³/mol. The number of amides is 1. The molecule has 4 nitrogen and oxygen atoms in total. The number of carbonyl (C=O) groups is 2. The van der Waals surface area contributed by atoms with Crippen LogP contribution in [0.5, 0.6) is 0 Å². The maximum Gasteiger partial charge on any atom is 0.337 e. The van der Waals surface area contributed by atoms with Crippen molar-refractivity contribution in [1.29, 1.82) is 0 Å². The molecule has 0 aliphatic carbocycles. The molecule has 1 aromatic rings. The number of rotatable bonds is 6. The van der Waals surface area contributed by atoms with Crippen molar-refractivity contribution >= 4 is 40.9 Å². The summed E-state index contributed by atoms with van der Waals surface area (Å²) in [5.74, 6) is 0.331. The maximum absolute atomic E-state index is 11.6. The first-order valence-corrected chi connectivity index (χ1v) is 6.98. The minimum absolute atomic E-state index is 0.184. The van der Waals surface area contributed by atoms with Crippen molar-refractivity contribution in [2.45, 2.75) is 0 Å². The lowest BCUT2D eigenvalue weighted by atomic mass is 10.2. The summed E-state index contributed by atoms with van der Waals surface area (Å²) in [4.78, 5) is 23.0. The molecular formula is C13H14ClNO3S. The molecule has 19 heavy (non-hydrogen) atoms. The number of esters is 1. The first-order chi connectivity index (χ1) is 9.08. The SMILES string of the molecule is C=CCSCC(=O)Nc1cc(C(=O)OC)ccc1Cl. The summed E-state index contributed by atoms with van der Waals surface area (Å²) in [7, 11) is 1.29. The van der Waals surface area contributed by atoms with Crippen LogP contribution in [-0.2, 0) is 9.53 Å². The van der Waals surface area contributed by atoms with Gasteiger partial charge in [-0.15, -0.1) is 18.3 Å². The smallest absolute Gasteiger partial charge is 0.337 e. The summed E-state index contributed by atoms with van der Waals surface area (Å²) in [5, 5.41) is 3.02. The van der Waals surface area contributed by atoms with Gasteiger partial charge in [-0.3, -0.25) is 4.79 Å². The Labute approximate surface area is 121 Å². The molecule has 0 aromatic heterocycles.